The number of benzene rings is 1. The van der Waals surface area contributed by atoms with E-state index in [-0.39, 0.29) is 23.7 Å². The summed E-state index contributed by atoms with van der Waals surface area (Å²) in [5, 5.41) is 9.06. The van der Waals surface area contributed by atoms with Crippen molar-refractivity contribution in [2.75, 3.05) is 12.4 Å². The number of hydrogen-bond acceptors (Lipinski definition) is 4. The first-order valence-corrected chi connectivity index (χ1v) is 7.11. The summed E-state index contributed by atoms with van der Waals surface area (Å²) in [4.78, 5) is 11.7. The van der Waals surface area contributed by atoms with Crippen molar-refractivity contribution >= 4 is 17.7 Å². The van der Waals surface area contributed by atoms with E-state index >= 15 is 0 Å². The molecule has 2 atom stereocenters. The van der Waals surface area contributed by atoms with Crippen molar-refractivity contribution in [2.45, 2.75) is 25.7 Å². The molecule has 0 aromatic heterocycles. The van der Waals surface area contributed by atoms with Gasteiger partial charge in [0.2, 0.25) is 0 Å². The van der Waals surface area contributed by atoms with Gasteiger partial charge in [-0.1, -0.05) is 44.2 Å². The first kappa shape index (κ1) is 15.1. The summed E-state index contributed by atoms with van der Waals surface area (Å²) in [6, 6.07) is 9.64. The van der Waals surface area contributed by atoms with E-state index in [2.05, 4.69) is 0 Å². The Labute approximate surface area is 113 Å². The number of thioether (sulfide) groups is 1. The first-order valence-electron chi connectivity index (χ1n) is 6.06. The molecule has 0 bridgehead atoms. The Hall–Kier alpha value is -1.00. The Bertz CT molecular complexity index is 353. The Balaban J connectivity index is 2.28. The summed E-state index contributed by atoms with van der Waals surface area (Å²) >= 11 is 1.58. The minimum atomic E-state index is -0.184. The van der Waals surface area contributed by atoms with Crippen molar-refractivity contribution in [2.24, 2.45) is 5.92 Å². The molecular formula is C14H20O3S. The van der Waals surface area contributed by atoms with Gasteiger partial charge in [-0.15, -0.1) is 0 Å². The van der Waals surface area contributed by atoms with Crippen LogP contribution in [0.5, 0.6) is 0 Å². The SMILES string of the molecule is CC(CO)SCC(C)C(=O)OCc1ccccc1. The van der Waals surface area contributed by atoms with Crippen molar-refractivity contribution in [3.05, 3.63) is 35.9 Å². The predicted octanol–water partition coefficient (Wildman–Crippen LogP) is 2.48. The molecule has 3 nitrogen and oxygen atoms in total. The quantitative estimate of drug-likeness (QED) is 0.772. The average molecular weight is 268 g/mol. The van der Waals surface area contributed by atoms with Gasteiger partial charge in [0.05, 0.1) is 12.5 Å². The third-order valence-electron chi connectivity index (χ3n) is 2.51. The molecule has 0 spiro atoms. The van der Waals surface area contributed by atoms with Crippen molar-refractivity contribution in [3.8, 4) is 0 Å². The minimum Gasteiger partial charge on any atom is -0.461 e. The highest BCUT2D eigenvalue weighted by atomic mass is 32.2. The highest BCUT2D eigenvalue weighted by Crippen LogP contribution is 2.15. The zero-order valence-corrected chi connectivity index (χ0v) is 11.7. The summed E-state index contributed by atoms with van der Waals surface area (Å²) in [5.74, 6) is 0.347. The Morgan fingerprint density at radius 2 is 2.00 bits per heavy atom. The van der Waals surface area contributed by atoms with Crippen LogP contribution in [0.15, 0.2) is 30.3 Å². The molecule has 1 rings (SSSR count). The highest BCUT2D eigenvalue weighted by Gasteiger charge is 2.15. The summed E-state index contributed by atoms with van der Waals surface area (Å²) in [7, 11) is 0. The fourth-order valence-electron chi connectivity index (χ4n) is 1.30. The fraction of sp³-hybridized carbons (Fsp3) is 0.500. The van der Waals surface area contributed by atoms with Crippen LogP contribution >= 0.6 is 11.8 Å². The second-order valence-corrected chi connectivity index (χ2v) is 5.79. The van der Waals surface area contributed by atoms with Gasteiger partial charge in [-0.2, -0.15) is 11.8 Å². The second-order valence-electron chi connectivity index (χ2n) is 4.32. The van der Waals surface area contributed by atoms with E-state index in [0.29, 0.717) is 12.4 Å². The van der Waals surface area contributed by atoms with E-state index in [0.717, 1.165) is 5.56 Å². The van der Waals surface area contributed by atoms with Crippen LogP contribution in [0.2, 0.25) is 0 Å². The average Bonchev–Trinajstić information content (AvgIpc) is 2.42. The molecule has 0 aliphatic carbocycles. The van der Waals surface area contributed by atoms with Crippen molar-refractivity contribution in [3.63, 3.8) is 0 Å². The number of hydrogen-bond donors (Lipinski definition) is 1. The summed E-state index contributed by atoms with van der Waals surface area (Å²) in [6.45, 7) is 4.25. The molecule has 1 aromatic carbocycles. The molecule has 18 heavy (non-hydrogen) atoms. The molecule has 0 saturated carbocycles. The summed E-state index contributed by atoms with van der Waals surface area (Å²) in [5.41, 5.74) is 0.995. The van der Waals surface area contributed by atoms with Gasteiger partial charge in [0.25, 0.3) is 0 Å². The molecule has 0 saturated heterocycles. The van der Waals surface area contributed by atoms with Crippen LogP contribution in [-0.4, -0.2) is 28.7 Å². The van der Waals surface area contributed by atoms with Crippen molar-refractivity contribution in [1.29, 1.82) is 0 Å². The number of carbonyl (C=O) groups is 1. The van der Waals surface area contributed by atoms with Gasteiger partial charge in [-0.25, -0.2) is 0 Å². The Morgan fingerprint density at radius 1 is 1.33 bits per heavy atom. The number of aliphatic hydroxyl groups is 1. The molecule has 0 aliphatic rings. The molecule has 0 aliphatic heterocycles. The van der Waals surface area contributed by atoms with Gasteiger partial charge in [-0.3, -0.25) is 4.79 Å². The number of aliphatic hydroxyl groups excluding tert-OH is 1. The third kappa shape index (κ3) is 5.56. The monoisotopic (exact) mass is 268 g/mol. The van der Waals surface area contributed by atoms with Gasteiger partial charge in [0.15, 0.2) is 0 Å². The largest absolute Gasteiger partial charge is 0.461 e. The van der Waals surface area contributed by atoms with Crippen LogP contribution in [0.25, 0.3) is 0 Å². The van der Waals surface area contributed by atoms with E-state index in [9.17, 15) is 4.79 Å². The van der Waals surface area contributed by atoms with E-state index in [4.69, 9.17) is 9.84 Å². The van der Waals surface area contributed by atoms with Crippen molar-refractivity contribution < 1.29 is 14.6 Å². The van der Waals surface area contributed by atoms with Gasteiger partial charge in [0.1, 0.15) is 6.61 Å². The van der Waals surface area contributed by atoms with Gasteiger partial charge >= 0.3 is 5.97 Å². The van der Waals surface area contributed by atoms with Crippen LogP contribution in [0, 0.1) is 5.92 Å². The number of carbonyl (C=O) groups excluding carboxylic acids is 1. The highest BCUT2D eigenvalue weighted by molar-refractivity contribution is 7.99. The number of ether oxygens (including phenoxy) is 1. The predicted molar refractivity (Wildman–Crippen MR) is 74.4 cm³/mol. The second kappa shape index (κ2) is 8.16. The zero-order valence-electron chi connectivity index (χ0n) is 10.8. The van der Waals surface area contributed by atoms with E-state index in [1.807, 2.05) is 44.2 Å². The number of rotatable bonds is 7. The lowest BCUT2D eigenvalue weighted by Crippen LogP contribution is -2.18. The standard InChI is InChI=1S/C14H20O3S/c1-11(10-18-12(2)8-15)14(16)17-9-13-6-4-3-5-7-13/h3-7,11-12,15H,8-10H2,1-2H3. The Kier molecular flexibility index (Phi) is 6.83. The molecule has 2 unspecified atom stereocenters. The third-order valence-corrected chi connectivity index (χ3v) is 3.92. The molecule has 1 N–H and O–H groups in total. The lowest BCUT2D eigenvalue weighted by molar-refractivity contribution is -0.148. The maximum absolute atomic E-state index is 11.7. The molecule has 0 heterocycles. The van der Waals surface area contributed by atoms with Gasteiger partial charge in [0, 0.05) is 11.0 Å². The van der Waals surface area contributed by atoms with Crippen LogP contribution in [-0.2, 0) is 16.1 Å². The zero-order chi connectivity index (χ0) is 13.4. The maximum Gasteiger partial charge on any atom is 0.309 e. The molecular weight excluding hydrogens is 248 g/mol. The van der Waals surface area contributed by atoms with Gasteiger partial charge < -0.3 is 9.84 Å². The fourth-order valence-corrected chi connectivity index (χ4v) is 2.16. The van der Waals surface area contributed by atoms with E-state index in [1.165, 1.54) is 0 Å². The molecule has 100 valence electrons. The van der Waals surface area contributed by atoms with Gasteiger partial charge in [-0.05, 0) is 5.56 Å². The topological polar surface area (TPSA) is 46.5 Å². The lowest BCUT2D eigenvalue weighted by Gasteiger charge is -2.13. The smallest absolute Gasteiger partial charge is 0.309 e. The normalized spacial score (nSPS) is 13.9. The molecule has 0 amide bonds. The molecule has 1 aromatic rings. The molecule has 4 heteroatoms. The van der Waals surface area contributed by atoms with E-state index in [1.54, 1.807) is 11.8 Å². The first-order chi connectivity index (χ1) is 8.63. The maximum atomic E-state index is 11.7. The number of esters is 1. The summed E-state index contributed by atoms with van der Waals surface area (Å²) < 4.78 is 5.24. The van der Waals surface area contributed by atoms with Crippen molar-refractivity contribution in [1.82, 2.24) is 0 Å². The van der Waals surface area contributed by atoms with Crippen LogP contribution in [0.1, 0.15) is 19.4 Å². The molecule has 0 fully saturated rings. The van der Waals surface area contributed by atoms with Crippen LogP contribution in [0.4, 0.5) is 0 Å². The minimum absolute atomic E-state index is 0.135. The van der Waals surface area contributed by atoms with Crippen LogP contribution in [0.3, 0.4) is 0 Å². The lowest BCUT2D eigenvalue weighted by atomic mass is 10.2. The Morgan fingerprint density at radius 3 is 2.61 bits per heavy atom. The van der Waals surface area contributed by atoms with Crippen LogP contribution < -0.4 is 0 Å². The summed E-state index contributed by atoms with van der Waals surface area (Å²) in [6.07, 6.45) is 0. The molecule has 0 radical (unpaired) electrons. The van der Waals surface area contributed by atoms with E-state index < -0.39 is 0 Å².